The van der Waals surface area contributed by atoms with Crippen LogP contribution < -0.4 is 0 Å². The van der Waals surface area contributed by atoms with Gasteiger partial charge in [0.1, 0.15) is 0 Å². The topological polar surface area (TPSA) is 40.9 Å². The summed E-state index contributed by atoms with van der Waals surface area (Å²) in [5, 5.41) is 8.60. The predicted octanol–water partition coefficient (Wildman–Crippen LogP) is 3.09. The normalized spacial score (nSPS) is 11.0. The highest BCUT2D eigenvalue weighted by Gasteiger charge is 2.34. The molecule has 84 valence electrons. The molecule has 1 aromatic carbocycles. The van der Waals surface area contributed by atoms with E-state index in [0.29, 0.717) is 0 Å². The number of ketones is 1. The Balaban J connectivity index is 3.58. The average Bonchev–Trinajstić information content (AvgIpc) is 2.15. The number of carbonyl (C=O) groups excluding carboxylic acids is 1. The first-order valence-electron chi connectivity index (χ1n) is 4.40. The molecule has 0 unspecified atom stereocenters. The SMILES string of the molecule is CC(=O)c1cc(C#N)cc(C(F)(F)F)c1C. The van der Waals surface area contributed by atoms with E-state index < -0.39 is 17.5 Å². The minimum atomic E-state index is -4.55. The third kappa shape index (κ3) is 2.22. The number of rotatable bonds is 1. The Morgan fingerprint density at radius 1 is 1.38 bits per heavy atom. The first-order valence-corrected chi connectivity index (χ1v) is 4.40. The number of nitrogens with zero attached hydrogens (tertiary/aromatic N) is 1. The van der Waals surface area contributed by atoms with Crippen molar-refractivity contribution in [2.45, 2.75) is 20.0 Å². The predicted molar refractivity (Wildman–Crippen MR) is 50.9 cm³/mol. The zero-order valence-corrected chi connectivity index (χ0v) is 8.64. The molecule has 16 heavy (non-hydrogen) atoms. The maximum atomic E-state index is 12.6. The van der Waals surface area contributed by atoms with Crippen LogP contribution in [0, 0.1) is 18.3 Å². The van der Waals surface area contributed by atoms with Gasteiger partial charge in [-0.25, -0.2) is 0 Å². The molecule has 0 fully saturated rings. The smallest absolute Gasteiger partial charge is 0.295 e. The van der Waals surface area contributed by atoms with Crippen LogP contribution >= 0.6 is 0 Å². The van der Waals surface area contributed by atoms with Crippen LogP contribution in [0.4, 0.5) is 13.2 Å². The highest BCUT2D eigenvalue weighted by atomic mass is 19.4. The van der Waals surface area contributed by atoms with Gasteiger partial charge in [0, 0.05) is 5.56 Å². The second-order valence-electron chi connectivity index (χ2n) is 3.36. The molecule has 0 aromatic heterocycles. The van der Waals surface area contributed by atoms with Gasteiger partial charge in [0.25, 0.3) is 0 Å². The Kier molecular flexibility index (Phi) is 3.04. The van der Waals surface area contributed by atoms with Gasteiger partial charge < -0.3 is 0 Å². The molecular formula is C11H8F3NO. The zero-order chi connectivity index (χ0) is 12.5. The van der Waals surface area contributed by atoms with E-state index in [1.54, 1.807) is 6.07 Å². The maximum absolute atomic E-state index is 12.6. The van der Waals surface area contributed by atoms with Crippen molar-refractivity contribution in [3.8, 4) is 6.07 Å². The number of carbonyl (C=O) groups is 1. The summed E-state index contributed by atoms with van der Waals surface area (Å²) < 4.78 is 37.8. The second kappa shape index (κ2) is 3.97. The van der Waals surface area contributed by atoms with Crippen molar-refractivity contribution in [2.75, 3.05) is 0 Å². The van der Waals surface area contributed by atoms with Gasteiger partial charge in [-0.2, -0.15) is 18.4 Å². The number of benzene rings is 1. The summed E-state index contributed by atoms with van der Waals surface area (Å²) in [6.45, 7) is 2.39. The third-order valence-corrected chi connectivity index (χ3v) is 2.22. The minimum absolute atomic E-state index is 0.0635. The molecule has 0 atom stereocenters. The first kappa shape index (κ1) is 12.2. The van der Waals surface area contributed by atoms with Crippen LogP contribution in [0.15, 0.2) is 12.1 Å². The van der Waals surface area contributed by atoms with Gasteiger partial charge in [-0.1, -0.05) is 0 Å². The Morgan fingerprint density at radius 3 is 2.31 bits per heavy atom. The third-order valence-electron chi connectivity index (χ3n) is 2.22. The summed E-state index contributed by atoms with van der Waals surface area (Å²) >= 11 is 0. The van der Waals surface area contributed by atoms with E-state index in [9.17, 15) is 18.0 Å². The Morgan fingerprint density at radius 2 is 1.94 bits per heavy atom. The molecule has 1 aromatic rings. The Labute approximate surface area is 90.3 Å². The molecule has 0 spiro atoms. The van der Waals surface area contributed by atoms with Gasteiger partial charge in [0.05, 0.1) is 17.2 Å². The Bertz CT molecular complexity index is 483. The van der Waals surface area contributed by atoms with E-state index in [4.69, 9.17) is 5.26 Å². The van der Waals surface area contributed by atoms with Crippen LogP contribution in [0.3, 0.4) is 0 Å². The monoisotopic (exact) mass is 227 g/mol. The van der Waals surface area contributed by atoms with Gasteiger partial charge in [-0.05, 0) is 31.5 Å². The molecule has 0 amide bonds. The van der Waals surface area contributed by atoms with Crippen molar-refractivity contribution < 1.29 is 18.0 Å². The Hall–Kier alpha value is -1.83. The average molecular weight is 227 g/mol. The standard InChI is InChI=1S/C11H8F3NO/c1-6-9(7(2)16)3-8(5-15)4-10(6)11(12,13)14/h3-4H,1-2H3. The fraction of sp³-hybridized carbons (Fsp3) is 0.273. The van der Waals surface area contributed by atoms with Crippen molar-refractivity contribution in [3.05, 3.63) is 34.4 Å². The molecule has 1 rings (SSSR count). The van der Waals surface area contributed by atoms with Crippen molar-refractivity contribution >= 4 is 5.78 Å². The number of alkyl halides is 3. The largest absolute Gasteiger partial charge is 0.416 e. The summed E-state index contributed by atoms with van der Waals surface area (Å²) in [4.78, 5) is 11.1. The molecule has 0 heterocycles. The summed E-state index contributed by atoms with van der Waals surface area (Å²) in [7, 11) is 0. The first-order chi connectivity index (χ1) is 7.27. The lowest BCUT2D eigenvalue weighted by Gasteiger charge is -2.13. The molecule has 0 saturated carbocycles. The summed E-state index contributed by atoms with van der Waals surface area (Å²) in [6, 6.07) is 3.53. The van der Waals surface area contributed by atoms with E-state index in [1.165, 1.54) is 19.9 Å². The molecule has 0 aliphatic carbocycles. The fourth-order valence-corrected chi connectivity index (χ4v) is 1.44. The zero-order valence-electron chi connectivity index (χ0n) is 8.64. The maximum Gasteiger partial charge on any atom is 0.416 e. The van der Waals surface area contributed by atoms with Gasteiger partial charge >= 0.3 is 6.18 Å². The van der Waals surface area contributed by atoms with Crippen LogP contribution in [-0.2, 0) is 6.18 Å². The second-order valence-corrected chi connectivity index (χ2v) is 3.36. The summed E-state index contributed by atoms with van der Waals surface area (Å²) in [6.07, 6.45) is -4.55. The molecule has 0 saturated heterocycles. The van der Waals surface area contributed by atoms with E-state index >= 15 is 0 Å². The van der Waals surface area contributed by atoms with Gasteiger partial charge in [-0.15, -0.1) is 0 Å². The molecule has 0 N–H and O–H groups in total. The quantitative estimate of drug-likeness (QED) is 0.691. The van der Waals surface area contributed by atoms with Crippen molar-refractivity contribution in [1.29, 1.82) is 5.26 Å². The fourth-order valence-electron chi connectivity index (χ4n) is 1.44. The molecule has 0 radical (unpaired) electrons. The van der Waals surface area contributed by atoms with Crippen molar-refractivity contribution in [1.82, 2.24) is 0 Å². The lowest BCUT2D eigenvalue weighted by atomic mass is 9.96. The van der Waals surface area contributed by atoms with Gasteiger partial charge in [0.15, 0.2) is 5.78 Å². The number of hydrogen-bond acceptors (Lipinski definition) is 2. The molecule has 0 bridgehead atoms. The molecular weight excluding hydrogens is 219 g/mol. The van der Waals surface area contributed by atoms with E-state index in [0.717, 1.165) is 6.07 Å². The van der Waals surface area contributed by atoms with E-state index in [-0.39, 0.29) is 16.7 Å². The summed E-state index contributed by atoms with van der Waals surface area (Å²) in [5.41, 5.74) is -1.30. The van der Waals surface area contributed by atoms with Gasteiger partial charge in [0.2, 0.25) is 0 Å². The number of nitriles is 1. The number of halogens is 3. The number of hydrogen-bond donors (Lipinski definition) is 0. The lowest BCUT2D eigenvalue weighted by Crippen LogP contribution is -2.11. The molecule has 0 aliphatic rings. The van der Waals surface area contributed by atoms with Gasteiger partial charge in [-0.3, -0.25) is 4.79 Å². The highest BCUT2D eigenvalue weighted by molar-refractivity contribution is 5.96. The minimum Gasteiger partial charge on any atom is -0.295 e. The molecule has 5 heteroatoms. The van der Waals surface area contributed by atoms with Crippen LogP contribution in [0.1, 0.15) is 34.0 Å². The highest BCUT2D eigenvalue weighted by Crippen LogP contribution is 2.34. The van der Waals surface area contributed by atoms with E-state index in [1.807, 2.05) is 0 Å². The number of Topliss-reactive ketones (excluding diaryl/α,β-unsaturated/α-hetero) is 1. The van der Waals surface area contributed by atoms with Crippen LogP contribution in [0.5, 0.6) is 0 Å². The van der Waals surface area contributed by atoms with Crippen molar-refractivity contribution in [2.24, 2.45) is 0 Å². The van der Waals surface area contributed by atoms with Crippen LogP contribution in [0.25, 0.3) is 0 Å². The van der Waals surface area contributed by atoms with E-state index in [2.05, 4.69) is 0 Å². The molecule has 0 aliphatic heterocycles. The van der Waals surface area contributed by atoms with Crippen LogP contribution in [-0.4, -0.2) is 5.78 Å². The molecule has 2 nitrogen and oxygen atoms in total. The van der Waals surface area contributed by atoms with Crippen molar-refractivity contribution in [3.63, 3.8) is 0 Å². The lowest BCUT2D eigenvalue weighted by molar-refractivity contribution is -0.138. The van der Waals surface area contributed by atoms with Crippen LogP contribution in [0.2, 0.25) is 0 Å². The summed E-state index contributed by atoms with van der Waals surface area (Å²) in [5.74, 6) is -0.486.